The van der Waals surface area contributed by atoms with Crippen LogP contribution in [0.3, 0.4) is 0 Å². The average molecular weight is 602 g/mol. The van der Waals surface area contributed by atoms with E-state index in [9.17, 15) is 19.5 Å². The van der Waals surface area contributed by atoms with Crippen molar-refractivity contribution in [3.05, 3.63) is 83.7 Å². The number of aliphatic hydroxyl groups is 1. The van der Waals surface area contributed by atoms with E-state index < -0.39 is 30.1 Å². The highest BCUT2D eigenvalue weighted by Crippen LogP contribution is 2.35. The Bertz CT molecular complexity index is 1380. The molecule has 2 aromatic carbocycles. The zero-order valence-corrected chi connectivity index (χ0v) is 25.4. The zero-order valence-electron chi connectivity index (χ0n) is 25.4. The molecule has 3 heterocycles. The molecular weight excluding hydrogens is 558 g/mol. The molecule has 0 radical (unpaired) electrons. The summed E-state index contributed by atoms with van der Waals surface area (Å²) in [5.74, 6) is -1.21. The van der Waals surface area contributed by atoms with Crippen LogP contribution in [-0.2, 0) is 20.9 Å². The first kappa shape index (κ1) is 31.3. The van der Waals surface area contributed by atoms with Crippen LogP contribution in [0.1, 0.15) is 81.3 Å². The second kappa shape index (κ2) is 14.1. The molecule has 3 amide bonds. The Morgan fingerprint density at radius 3 is 2.23 bits per heavy atom. The number of rotatable bonds is 11. The van der Waals surface area contributed by atoms with Gasteiger partial charge in [0.05, 0.1) is 24.4 Å². The van der Waals surface area contributed by atoms with Gasteiger partial charge in [0.2, 0.25) is 17.7 Å². The lowest BCUT2D eigenvalue weighted by Crippen LogP contribution is -2.58. The van der Waals surface area contributed by atoms with Gasteiger partial charge < -0.3 is 26.4 Å². The number of aliphatic hydroxyl groups excluding tert-OH is 1. The molecule has 1 aromatic heterocycles. The van der Waals surface area contributed by atoms with Gasteiger partial charge >= 0.3 is 0 Å². The number of nitrogens with zero attached hydrogens (tertiary/aromatic N) is 4. The summed E-state index contributed by atoms with van der Waals surface area (Å²) in [6.45, 7) is 4.00. The maximum absolute atomic E-state index is 14.4. The van der Waals surface area contributed by atoms with Crippen LogP contribution in [0.2, 0.25) is 0 Å². The van der Waals surface area contributed by atoms with Gasteiger partial charge in [-0.05, 0) is 49.7 Å². The molecule has 6 atom stereocenters. The minimum atomic E-state index is -0.888. The smallest absolute Gasteiger partial charge is 0.246 e. The third-order valence-corrected chi connectivity index (χ3v) is 9.00. The Hall–Kier alpha value is -4.09. The van der Waals surface area contributed by atoms with E-state index in [0.29, 0.717) is 50.8 Å². The first-order valence-electron chi connectivity index (χ1n) is 15.7. The van der Waals surface area contributed by atoms with E-state index >= 15 is 0 Å². The van der Waals surface area contributed by atoms with Gasteiger partial charge in [-0.3, -0.25) is 19.1 Å². The molecule has 2 fully saturated rings. The lowest BCUT2D eigenvalue weighted by Gasteiger charge is -2.33. The molecule has 2 saturated heterocycles. The van der Waals surface area contributed by atoms with Crippen molar-refractivity contribution in [2.45, 2.75) is 95.2 Å². The molecule has 0 saturated carbocycles. The Morgan fingerprint density at radius 2 is 1.61 bits per heavy atom. The summed E-state index contributed by atoms with van der Waals surface area (Å²) < 4.78 is 1.62. The largest absolute Gasteiger partial charge is 0.387 e. The van der Waals surface area contributed by atoms with Crippen LogP contribution in [-0.4, -0.2) is 66.9 Å². The van der Waals surface area contributed by atoms with Gasteiger partial charge in [0, 0.05) is 18.5 Å². The van der Waals surface area contributed by atoms with Crippen molar-refractivity contribution in [2.75, 3.05) is 0 Å². The van der Waals surface area contributed by atoms with E-state index in [1.54, 1.807) is 15.8 Å². The fourth-order valence-electron chi connectivity index (χ4n) is 6.41. The Balaban J connectivity index is 1.40. The van der Waals surface area contributed by atoms with E-state index in [4.69, 9.17) is 5.73 Å². The van der Waals surface area contributed by atoms with Crippen LogP contribution in [0.4, 0.5) is 0 Å². The molecule has 2 aliphatic rings. The minimum absolute atomic E-state index is 0.123. The van der Waals surface area contributed by atoms with Gasteiger partial charge in [0.25, 0.3) is 0 Å². The van der Waals surface area contributed by atoms with Gasteiger partial charge in [0.15, 0.2) is 0 Å². The van der Waals surface area contributed by atoms with E-state index in [0.717, 1.165) is 11.1 Å². The second-order valence-corrected chi connectivity index (χ2v) is 11.9. The number of hydrogen-bond acceptors (Lipinski definition) is 7. The van der Waals surface area contributed by atoms with Crippen molar-refractivity contribution in [3.63, 3.8) is 0 Å². The Labute approximate surface area is 258 Å². The number of nitrogens with one attached hydrogen (secondary N) is 2. The first-order chi connectivity index (χ1) is 21.3. The predicted octanol–water partition coefficient (Wildman–Crippen LogP) is 2.62. The van der Waals surface area contributed by atoms with E-state index in [-0.39, 0.29) is 29.8 Å². The van der Waals surface area contributed by atoms with Gasteiger partial charge in [-0.25, -0.2) is 0 Å². The molecule has 44 heavy (non-hydrogen) atoms. The van der Waals surface area contributed by atoms with Crippen molar-refractivity contribution in [1.29, 1.82) is 0 Å². The van der Waals surface area contributed by atoms with Crippen LogP contribution >= 0.6 is 0 Å². The maximum atomic E-state index is 14.4. The van der Waals surface area contributed by atoms with Crippen LogP contribution in [0.5, 0.6) is 0 Å². The lowest BCUT2D eigenvalue weighted by atomic mass is 9.92. The van der Waals surface area contributed by atoms with E-state index in [2.05, 4.69) is 20.9 Å². The van der Waals surface area contributed by atoms with E-state index in [1.807, 2.05) is 74.5 Å². The quantitative estimate of drug-likeness (QED) is 0.263. The van der Waals surface area contributed by atoms with Crippen LogP contribution < -0.4 is 16.4 Å². The van der Waals surface area contributed by atoms with Crippen LogP contribution in [0.15, 0.2) is 66.9 Å². The molecule has 1 unspecified atom stereocenters. The zero-order chi connectivity index (χ0) is 31.2. The molecule has 3 aromatic rings. The molecule has 0 spiro atoms. The van der Waals surface area contributed by atoms with Crippen LogP contribution in [0, 0.1) is 5.92 Å². The summed E-state index contributed by atoms with van der Waals surface area (Å²) in [4.78, 5) is 43.1. The standard InChI is InChI=1S/C33H43N7O4/c1-3-25(34)31(42)36-30-23(19-39-20-26(37-38-39)28(41)4-2)15-16-24-17-18-27(40(24)33(30)44)32(43)35-29(21-11-7-5-8-12-21)22-13-9-6-10-14-22/h5-14,20,23-25,27-30,41H,3-4,15-19,34H2,1-2H3,(H,35,43)(H,36,42)/t23-,24+,25+,27+,28?,30+/m1/s1. The summed E-state index contributed by atoms with van der Waals surface area (Å²) in [7, 11) is 0. The van der Waals surface area contributed by atoms with Gasteiger partial charge in [-0.15, -0.1) is 5.10 Å². The highest BCUT2D eigenvalue weighted by molar-refractivity contribution is 5.94. The summed E-state index contributed by atoms with van der Waals surface area (Å²) in [6.07, 6.45) is 4.45. The molecule has 11 heteroatoms. The number of carbonyl (C=O) groups is 3. The number of amides is 3. The first-order valence-corrected chi connectivity index (χ1v) is 15.7. The summed E-state index contributed by atoms with van der Waals surface area (Å²) in [5.41, 5.74) is 8.42. The molecule has 0 bridgehead atoms. The molecule has 5 N–H and O–H groups in total. The van der Waals surface area contributed by atoms with E-state index in [1.165, 1.54) is 0 Å². The monoisotopic (exact) mass is 601 g/mol. The van der Waals surface area contributed by atoms with Crippen LogP contribution in [0.25, 0.3) is 0 Å². The normalized spacial score (nSPS) is 23.1. The molecular formula is C33H43N7O4. The third kappa shape index (κ3) is 6.84. The number of aromatic nitrogens is 3. The van der Waals surface area contributed by atoms with Crippen molar-refractivity contribution in [1.82, 2.24) is 30.5 Å². The van der Waals surface area contributed by atoms with Crippen molar-refractivity contribution < 1.29 is 19.5 Å². The summed E-state index contributed by atoms with van der Waals surface area (Å²) in [6, 6.07) is 16.8. The molecule has 5 rings (SSSR count). The second-order valence-electron chi connectivity index (χ2n) is 11.9. The number of carbonyl (C=O) groups excluding carboxylic acids is 3. The lowest BCUT2D eigenvalue weighted by molar-refractivity contribution is -0.143. The minimum Gasteiger partial charge on any atom is -0.387 e. The van der Waals surface area contributed by atoms with Gasteiger partial charge in [0.1, 0.15) is 17.8 Å². The van der Waals surface area contributed by atoms with Gasteiger partial charge in [-0.2, -0.15) is 0 Å². The van der Waals surface area contributed by atoms with Crippen molar-refractivity contribution >= 4 is 17.7 Å². The average Bonchev–Trinajstić information content (AvgIpc) is 3.69. The highest BCUT2D eigenvalue weighted by atomic mass is 16.3. The predicted molar refractivity (Wildman–Crippen MR) is 165 cm³/mol. The Morgan fingerprint density at radius 1 is 0.977 bits per heavy atom. The molecule has 234 valence electrons. The molecule has 11 nitrogen and oxygen atoms in total. The summed E-state index contributed by atoms with van der Waals surface area (Å²) >= 11 is 0. The SMILES string of the molecule is CCC(O)c1cn(C[C@H]2CC[C@H]3CC[C@@H](C(=O)NC(c4ccccc4)c4ccccc4)N3C(=O)[C@H]2NC(=O)[C@@H](N)CC)nn1. The fraction of sp³-hybridized carbons (Fsp3) is 0.485. The number of fused-ring (bicyclic) bond motifs is 1. The highest BCUT2D eigenvalue weighted by Gasteiger charge is 2.48. The number of hydrogen-bond donors (Lipinski definition) is 4. The maximum Gasteiger partial charge on any atom is 0.246 e. The molecule has 2 aliphatic heterocycles. The Kier molecular flexibility index (Phi) is 10.1. The number of nitrogens with two attached hydrogens (primary N) is 1. The van der Waals surface area contributed by atoms with Gasteiger partial charge in [-0.1, -0.05) is 79.7 Å². The number of benzene rings is 2. The third-order valence-electron chi connectivity index (χ3n) is 9.00. The topological polar surface area (TPSA) is 155 Å². The summed E-state index contributed by atoms with van der Waals surface area (Å²) in [5, 5.41) is 24.7. The van der Waals surface area contributed by atoms with Crippen molar-refractivity contribution in [2.24, 2.45) is 11.7 Å². The fourth-order valence-corrected chi connectivity index (χ4v) is 6.41. The van der Waals surface area contributed by atoms with Crippen molar-refractivity contribution in [3.8, 4) is 0 Å². The molecule has 0 aliphatic carbocycles.